The lowest BCUT2D eigenvalue weighted by Gasteiger charge is -2.05. The van der Waals surface area contributed by atoms with Crippen LogP contribution in [0.5, 0.6) is 0 Å². The van der Waals surface area contributed by atoms with Crippen molar-refractivity contribution in [3.05, 3.63) is 114 Å². The summed E-state index contributed by atoms with van der Waals surface area (Å²) in [6.45, 7) is 13.3. The first-order valence-electron chi connectivity index (χ1n) is 11.9. The largest absolute Gasteiger partial charge is 0.300 e. The van der Waals surface area contributed by atoms with Gasteiger partial charge in [-0.15, -0.1) is 5.73 Å². The molecule has 1 aromatic carbocycles. The number of rotatable bonds is 9. The van der Waals surface area contributed by atoms with E-state index in [-0.39, 0.29) is 11.6 Å². The van der Waals surface area contributed by atoms with E-state index in [4.69, 9.17) is 0 Å². The number of aromatic nitrogens is 1. The molecule has 0 aliphatic heterocycles. The van der Waals surface area contributed by atoms with E-state index in [1.807, 2.05) is 69.3 Å². The molecule has 3 heteroatoms. The predicted octanol–water partition coefficient (Wildman–Crippen LogP) is 8.78. The van der Waals surface area contributed by atoms with Crippen LogP contribution in [0.15, 0.2) is 96.6 Å². The highest BCUT2D eigenvalue weighted by molar-refractivity contribution is 5.75. The number of ketones is 1. The fourth-order valence-corrected chi connectivity index (χ4v) is 2.97. The topological polar surface area (TPSA) is 30.0 Å². The van der Waals surface area contributed by atoms with Crippen LogP contribution < -0.4 is 0 Å². The van der Waals surface area contributed by atoms with Crippen LogP contribution in [0.1, 0.15) is 65.9 Å². The fraction of sp³-hybridized carbons (Fsp3) is 0.290. The highest BCUT2D eigenvalue weighted by atomic mass is 19.1. The van der Waals surface area contributed by atoms with Crippen molar-refractivity contribution < 1.29 is 9.18 Å². The zero-order chi connectivity index (χ0) is 25.3. The van der Waals surface area contributed by atoms with Crippen molar-refractivity contribution in [1.82, 2.24) is 4.98 Å². The lowest BCUT2D eigenvalue weighted by atomic mass is 10.0. The Bertz CT molecular complexity index is 1030. The lowest BCUT2D eigenvalue weighted by Crippen LogP contribution is -1.89. The van der Waals surface area contributed by atoms with Crippen molar-refractivity contribution in [3.8, 4) is 11.1 Å². The monoisotopic (exact) mass is 458 g/mol. The van der Waals surface area contributed by atoms with Gasteiger partial charge in [0.15, 0.2) is 0 Å². The van der Waals surface area contributed by atoms with Crippen molar-refractivity contribution in [2.45, 2.75) is 60.3 Å². The summed E-state index contributed by atoms with van der Waals surface area (Å²) in [7, 11) is 0. The summed E-state index contributed by atoms with van der Waals surface area (Å²) < 4.78 is 13.8. The molecule has 0 atom stereocenters. The quantitative estimate of drug-likeness (QED) is 0.213. The second-order valence-corrected chi connectivity index (χ2v) is 7.86. The Morgan fingerprint density at radius 1 is 1.00 bits per heavy atom. The van der Waals surface area contributed by atoms with Crippen LogP contribution in [0, 0.1) is 11.7 Å². The molecule has 0 amide bonds. The molecule has 0 spiro atoms. The molecule has 0 unspecified atom stereocenters. The van der Waals surface area contributed by atoms with Crippen molar-refractivity contribution in [1.29, 1.82) is 0 Å². The Balaban J connectivity index is 0.000000317. The summed E-state index contributed by atoms with van der Waals surface area (Å²) in [5, 5.41) is 0. The average Bonchev–Trinajstić information content (AvgIpc) is 3.69. The molecule has 0 bridgehead atoms. The van der Waals surface area contributed by atoms with Crippen LogP contribution in [0.25, 0.3) is 11.1 Å². The zero-order valence-electron chi connectivity index (χ0n) is 21.2. The minimum absolute atomic E-state index is 0.172. The van der Waals surface area contributed by atoms with Gasteiger partial charge in [0.25, 0.3) is 0 Å². The van der Waals surface area contributed by atoms with Gasteiger partial charge in [-0.3, -0.25) is 4.98 Å². The molecular formula is C31H37FNO. The smallest absolute Gasteiger partial charge is 0.129 e. The Labute approximate surface area is 205 Å². The molecule has 0 N–H and O–H groups in total. The van der Waals surface area contributed by atoms with Gasteiger partial charge in [-0.05, 0) is 74.9 Å². The number of unbranched alkanes of at least 4 members (excludes halogenated alkanes) is 1. The zero-order valence-corrected chi connectivity index (χ0v) is 21.2. The number of pyridine rings is 1. The summed E-state index contributed by atoms with van der Waals surface area (Å²) in [5.41, 5.74) is 7.74. The van der Waals surface area contributed by atoms with E-state index in [2.05, 4.69) is 30.3 Å². The molecular weight excluding hydrogens is 421 g/mol. The number of Topliss-reactive ketones (excluding diaryl/α,β-unsaturated/α-hetero) is 1. The summed E-state index contributed by atoms with van der Waals surface area (Å²) in [6.07, 6.45) is 17.2. The molecule has 1 aromatic heterocycles. The number of carbonyl (C=O) groups is 1. The molecule has 1 heterocycles. The van der Waals surface area contributed by atoms with Gasteiger partial charge < -0.3 is 4.79 Å². The normalized spacial score (nSPS) is 12.2. The first-order valence-corrected chi connectivity index (χ1v) is 11.9. The minimum Gasteiger partial charge on any atom is -0.300 e. The number of allylic oxidation sites excluding steroid dienone is 7. The second-order valence-electron chi connectivity index (χ2n) is 7.86. The van der Waals surface area contributed by atoms with Crippen molar-refractivity contribution in [3.63, 3.8) is 0 Å². The lowest BCUT2D eigenvalue weighted by molar-refractivity contribution is -0.117. The Morgan fingerprint density at radius 3 is 2.21 bits per heavy atom. The third-order valence-electron chi connectivity index (χ3n) is 4.98. The van der Waals surface area contributed by atoms with E-state index in [9.17, 15) is 9.18 Å². The number of nitrogens with zero attached hydrogens (tertiary/aromatic N) is 1. The van der Waals surface area contributed by atoms with Gasteiger partial charge in [0, 0.05) is 24.4 Å². The summed E-state index contributed by atoms with van der Waals surface area (Å²) in [5.74, 6) is 1.10. The van der Waals surface area contributed by atoms with Gasteiger partial charge >= 0.3 is 0 Å². The molecule has 179 valence electrons. The summed E-state index contributed by atoms with van der Waals surface area (Å²) >= 11 is 0. The first kappa shape index (κ1) is 28.7. The molecule has 2 aromatic rings. The molecule has 3 rings (SSSR count). The standard InChI is InChI=1S/C15H22O.C14H9FN.C2H6/c1-5-13(2)10-8-11-14(3)9-6-7-12-15(4)16;15-14-9-12(10-5-7-16-8-6-10)3-4-13(14)11-1-2-11;1-2/h8,10-11H,1,6-7,9,12H2,2-4H3;1-9H;1-2H3/b10-8-,14-11+;;. The van der Waals surface area contributed by atoms with Gasteiger partial charge in [-0.2, -0.15) is 0 Å². The van der Waals surface area contributed by atoms with Crippen LogP contribution in [-0.2, 0) is 4.79 Å². The molecule has 0 saturated carbocycles. The third kappa shape index (κ3) is 11.5. The molecule has 1 aliphatic rings. The molecule has 1 aliphatic carbocycles. The Morgan fingerprint density at radius 2 is 1.65 bits per heavy atom. The molecule has 2 nitrogen and oxygen atoms in total. The van der Waals surface area contributed by atoms with Crippen LogP contribution in [0.2, 0.25) is 0 Å². The van der Waals surface area contributed by atoms with E-state index in [1.165, 1.54) is 5.57 Å². The minimum atomic E-state index is -0.172. The Hall–Kier alpha value is -3.29. The third-order valence-corrected chi connectivity index (χ3v) is 4.98. The fourth-order valence-electron chi connectivity index (χ4n) is 2.97. The van der Waals surface area contributed by atoms with Crippen molar-refractivity contribution >= 4 is 5.78 Å². The maximum Gasteiger partial charge on any atom is 0.129 e. The highest BCUT2D eigenvalue weighted by Gasteiger charge is 2.19. The van der Waals surface area contributed by atoms with E-state index in [0.29, 0.717) is 12.0 Å². The van der Waals surface area contributed by atoms with E-state index >= 15 is 0 Å². The van der Waals surface area contributed by atoms with Crippen LogP contribution in [-0.4, -0.2) is 10.8 Å². The summed E-state index contributed by atoms with van der Waals surface area (Å²) in [4.78, 5) is 14.7. The highest BCUT2D eigenvalue weighted by Crippen LogP contribution is 2.32. The number of halogens is 1. The molecule has 34 heavy (non-hydrogen) atoms. The van der Waals surface area contributed by atoms with Gasteiger partial charge in [0.05, 0.1) is 5.92 Å². The molecule has 1 radical (unpaired) electrons. The Kier molecular flexibility index (Phi) is 13.8. The first-order chi connectivity index (χ1) is 16.4. The van der Waals surface area contributed by atoms with Crippen LogP contribution >= 0.6 is 0 Å². The van der Waals surface area contributed by atoms with E-state index in [0.717, 1.165) is 41.9 Å². The number of carbonyl (C=O) groups excluding carboxylic acids is 1. The SMILES string of the molecule is C=C=C(C)/C=C\C=C(/C)CCCCC(C)=O.CC.Fc1cc(-c2ccncc2)ccc1[C]1C=C1. The van der Waals surface area contributed by atoms with Gasteiger partial charge in [-0.1, -0.05) is 68.5 Å². The van der Waals surface area contributed by atoms with Crippen LogP contribution in [0.3, 0.4) is 0 Å². The average molecular weight is 459 g/mol. The van der Waals surface area contributed by atoms with Gasteiger partial charge in [0.1, 0.15) is 11.6 Å². The number of benzene rings is 1. The van der Waals surface area contributed by atoms with E-state index in [1.54, 1.807) is 25.4 Å². The maximum absolute atomic E-state index is 13.8. The number of hydrogen-bond acceptors (Lipinski definition) is 2. The van der Waals surface area contributed by atoms with E-state index < -0.39 is 0 Å². The predicted molar refractivity (Wildman–Crippen MR) is 143 cm³/mol. The van der Waals surface area contributed by atoms with Gasteiger partial charge in [0.2, 0.25) is 0 Å². The van der Waals surface area contributed by atoms with Crippen molar-refractivity contribution in [2.75, 3.05) is 0 Å². The molecule has 0 saturated heterocycles. The van der Waals surface area contributed by atoms with Crippen LogP contribution in [0.4, 0.5) is 4.39 Å². The number of hydrogen-bond donors (Lipinski definition) is 0. The van der Waals surface area contributed by atoms with Crippen molar-refractivity contribution in [2.24, 2.45) is 0 Å². The molecule has 0 fully saturated rings. The maximum atomic E-state index is 13.8. The second kappa shape index (κ2) is 16.3. The summed E-state index contributed by atoms with van der Waals surface area (Å²) in [6, 6.07) is 9.06. The van der Waals surface area contributed by atoms with Gasteiger partial charge in [-0.25, -0.2) is 4.39 Å².